The highest BCUT2D eigenvalue weighted by molar-refractivity contribution is 7.90. The fourth-order valence-corrected chi connectivity index (χ4v) is 2.63. The van der Waals surface area contributed by atoms with Crippen molar-refractivity contribution >= 4 is 9.84 Å². The lowest BCUT2D eigenvalue weighted by Gasteiger charge is -2.12. The molecule has 0 heterocycles. The highest BCUT2D eigenvalue weighted by Crippen LogP contribution is 2.33. The summed E-state index contributed by atoms with van der Waals surface area (Å²) in [6.07, 6.45) is 1.10. The van der Waals surface area contributed by atoms with E-state index in [1.165, 1.54) is 18.2 Å². The molecule has 0 unspecified atom stereocenters. The van der Waals surface area contributed by atoms with E-state index in [0.717, 1.165) is 11.8 Å². The summed E-state index contributed by atoms with van der Waals surface area (Å²) in [5.41, 5.74) is 1.80. The minimum Gasteiger partial charge on any atom is -0.434 e. The van der Waals surface area contributed by atoms with E-state index in [2.05, 4.69) is 4.74 Å². The number of aryl methyl sites for hydroxylation is 1. The molecule has 0 fully saturated rings. The molecule has 0 aliphatic carbocycles. The second-order valence-corrected chi connectivity index (χ2v) is 6.69. The second kappa shape index (κ2) is 5.81. The number of halogens is 2. The van der Waals surface area contributed by atoms with E-state index >= 15 is 0 Å². The summed E-state index contributed by atoms with van der Waals surface area (Å²) < 4.78 is 52.6. The lowest BCUT2D eigenvalue weighted by molar-refractivity contribution is -0.0494. The Balaban J connectivity index is 2.58. The van der Waals surface area contributed by atoms with Gasteiger partial charge in [0, 0.05) is 11.8 Å². The van der Waals surface area contributed by atoms with Crippen molar-refractivity contribution in [1.82, 2.24) is 0 Å². The molecule has 0 bridgehead atoms. The predicted octanol–water partition coefficient (Wildman–Crippen LogP) is 3.67. The average Bonchev–Trinajstić information content (AvgIpc) is 2.39. The highest BCUT2D eigenvalue weighted by Gasteiger charge is 2.14. The first-order valence-corrected chi connectivity index (χ1v) is 8.02. The summed E-state index contributed by atoms with van der Waals surface area (Å²) >= 11 is 0. The fraction of sp³-hybridized carbons (Fsp3) is 0.200. The van der Waals surface area contributed by atoms with Crippen molar-refractivity contribution in [3.63, 3.8) is 0 Å². The van der Waals surface area contributed by atoms with Crippen LogP contribution in [0, 0.1) is 6.92 Å². The Bertz CT molecular complexity index is 755. The molecule has 0 amide bonds. The molecule has 0 saturated heterocycles. The van der Waals surface area contributed by atoms with Crippen LogP contribution in [0.1, 0.15) is 5.56 Å². The third-order valence-electron chi connectivity index (χ3n) is 2.92. The van der Waals surface area contributed by atoms with Crippen molar-refractivity contribution in [2.45, 2.75) is 18.4 Å². The molecule has 3 nitrogen and oxygen atoms in total. The molecule has 0 N–H and O–H groups in total. The topological polar surface area (TPSA) is 43.4 Å². The second-order valence-electron chi connectivity index (χ2n) is 4.68. The molecule has 2 aromatic rings. The van der Waals surface area contributed by atoms with Crippen molar-refractivity contribution in [2.75, 3.05) is 6.26 Å². The van der Waals surface area contributed by atoms with Gasteiger partial charge < -0.3 is 4.74 Å². The molecular formula is C15H14F2O3S. The molecule has 0 saturated carbocycles. The molecule has 0 aliphatic rings. The molecule has 0 aliphatic heterocycles. The maximum Gasteiger partial charge on any atom is 0.387 e. The zero-order valence-electron chi connectivity index (χ0n) is 11.5. The van der Waals surface area contributed by atoms with Gasteiger partial charge in [0.05, 0.1) is 4.90 Å². The smallest absolute Gasteiger partial charge is 0.387 e. The van der Waals surface area contributed by atoms with Crippen LogP contribution in [-0.2, 0) is 9.84 Å². The van der Waals surface area contributed by atoms with Gasteiger partial charge in [-0.2, -0.15) is 8.78 Å². The van der Waals surface area contributed by atoms with Gasteiger partial charge in [-0.1, -0.05) is 23.8 Å². The van der Waals surface area contributed by atoms with Crippen LogP contribution < -0.4 is 4.74 Å². The number of hydrogen-bond donors (Lipinski definition) is 0. The van der Waals surface area contributed by atoms with Gasteiger partial charge in [0.15, 0.2) is 9.84 Å². The molecule has 0 spiro atoms. The molecule has 2 aromatic carbocycles. The lowest BCUT2D eigenvalue weighted by atomic mass is 10.0. The molecule has 21 heavy (non-hydrogen) atoms. The third kappa shape index (κ3) is 3.78. The molecule has 6 heteroatoms. The van der Waals surface area contributed by atoms with Gasteiger partial charge in [-0.15, -0.1) is 0 Å². The number of rotatable bonds is 4. The van der Waals surface area contributed by atoms with Gasteiger partial charge in [0.1, 0.15) is 5.75 Å². The molecule has 112 valence electrons. The zero-order valence-corrected chi connectivity index (χ0v) is 12.3. The van der Waals surface area contributed by atoms with Crippen molar-refractivity contribution in [3.8, 4) is 16.9 Å². The maximum atomic E-state index is 12.5. The summed E-state index contributed by atoms with van der Waals surface area (Å²) in [5, 5.41) is 0. The first-order chi connectivity index (χ1) is 9.77. The normalized spacial score (nSPS) is 11.7. The van der Waals surface area contributed by atoms with Gasteiger partial charge in [-0.25, -0.2) is 8.42 Å². The van der Waals surface area contributed by atoms with Gasteiger partial charge in [-0.3, -0.25) is 0 Å². The Morgan fingerprint density at radius 3 is 2.43 bits per heavy atom. The van der Waals surface area contributed by atoms with E-state index in [0.29, 0.717) is 11.1 Å². The quantitative estimate of drug-likeness (QED) is 0.865. The molecule has 0 radical (unpaired) electrons. The van der Waals surface area contributed by atoms with Gasteiger partial charge in [-0.05, 0) is 36.8 Å². The van der Waals surface area contributed by atoms with Crippen LogP contribution in [0.15, 0.2) is 47.4 Å². The summed E-state index contributed by atoms with van der Waals surface area (Å²) in [6, 6.07) is 10.9. The standard InChI is InChI=1S/C15H14F2O3S/c1-10-6-7-14(20-15(16)17)13(8-10)11-4-3-5-12(9-11)21(2,18)19/h3-9,15H,1-2H3. The van der Waals surface area contributed by atoms with Crippen LogP contribution in [0.3, 0.4) is 0 Å². The lowest BCUT2D eigenvalue weighted by Crippen LogP contribution is -2.03. The van der Waals surface area contributed by atoms with Gasteiger partial charge in [0.25, 0.3) is 0 Å². The Hall–Kier alpha value is -1.95. The van der Waals surface area contributed by atoms with Gasteiger partial charge in [0.2, 0.25) is 0 Å². The summed E-state index contributed by atoms with van der Waals surface area (Å²) in [4.78, 5) is 0.129. The van der Waals surface area contributed by atoms with E-state index in [1.54, 1.807) is 24.3 Å². The first kappa shape index (κ1) is 15.4. The summed E-state index contributed by atoms with van der Waals surface area (Å²) in [7, 11) is -3.37. The predicted molar refractivity (Wildman–Crippen MR) is 76.4 cm³/mol. The largest absolute Gasteiger partial charge is 0.434 e. The Kier molecular flexibility index (Phi) is 4.27. The van der Waals surface area contributed by atoms with Crippen molar-refractivity contribution < 1.29 is 21.9 Å². The number of hydrogen-bond acceptors (Lipinski definition) is 3. The monoisotopic (exact) mass is 312 g/mol. The minimum absolute atomic E-state index is 0.0150. The summed E-state index contributed by atoms with van der Waals surface area (Å²) in [5.74, 6) is 0.0150. The average molecular weight is 312 g/mol. The van der Waals surface area contributed by atoms with E-state index in [4.69, 9.17) is 0 Å². The van der Waals surface area contributed by atoms with E-state index in [-0.39, 0.29) is 10.6 Å². The summed E-state index contributed by atoms with van der Waals surface area (Å²) in [6.45, 7) is -1.12. The van der Waals surface area contributed by atoms with E-state index in [1.807, 2.05) is 6.92 Å². The van der Waals surface area contributed by atoms with E-state index < -0.39 is 16.4 Å². The Morgan fingerprint density at radius 1 is 1.10 bits per heavy atom. The maximum absolute atomic E-state index is 12.5. The zero-order chi connectivity index (χ0) is 15.6. The van der Waals surface area contributed by atoms with Crippen molar-refractivity contribution in [1.29, 1.82) is 0 Å². The number of benzene rings is 2. The van der Waals surface area contributed by atoms with Crippen LogP contribution in [0.4, 0.5) is 8.78 Å². The number of alkyl halides is 2. The fourth-order valence-electron chi connectivity index (χ4n) is 1.96. The Labute approximate surface area is 122 Å². The van der Waals surface area contributed by atoms with Crippen molar-refractivity contribution in [2.24, 2.45) is 0 Å². The Morgan fingerprint density at radius 2 is 1.81 bits per heavy atom. The van der Waals surface area contributed by atoms with Crippen LogP contribution in [0.5, 0.6) is 5.75 Å². The molecule has 0 aromatic heterocycles. The molecular weight excluding hydrogens is 298 g/mol. The SMILES string of the molecule is Cc1ccc(OC(F)F)c(-c2cccc(S(C)(=O)=O)c2)c1. The number of sulfone groups is 1. The van der Waals surface area contributed by atoms with Crippen LogP contribution in [-0.4, -0.2) is 21.3 Å². The molecule has 2 rings (SSSR count). The highest BCUT2D eigenvalue weighted by atomic mass is 32.2. The minimum atomic E-state index is -3.37. The number of ether oxygens (including phenoxy) is 1. The van der Waals surface area contributed by atoms with E-state index in [9.17, 15) is 17.2 Å². The van der Waals surface area contributed by atoms with Crippen LogP contribution >= 0.6 is 0 Å². The van der Waals surface area contributed by atoms with Gasteiger partial charge >= 0.3 is 6.61 Å². The molecule has 0 atom stereocenters. The van der Waals surface area contributed by atoms with Crippen molar-refractivity contribution in [3.05, 3.63) is 48.0 Å². The third-order valence-corrected chi connectivity index (χ3v) is 4.03. The first-order valence-electron chi connectivity index (χ1n) is 6.13. The van der Waals surface area contributed by atoms with Crippen LogP contribution in [0.25, 0.3) is 11.1 Å². The van der Waals surface area contributed by atoms with Crippen LogP contribution in [0.2, 0.25) is 0 Å².